The Labute approximate surface area is 151 Å². The summed E-state index contributed by atoms with van der Waals surface area (Å²) in [6, 6.07) is 13.2. The number of nitrogens with one attached hydrogen (secondary N) is 3. The van der Waals surface area contributed by atoms with Crippen molar-refractivity contribution in [3.05, 3.63) is 60.3 Å². The van der Waals surface area contributed by atoms with E-state index in [0.717, 1.165) is 11.0 Å². The van der Waals surface area contributed by atoms with Gasteiger partial charge in [-0.05, 0) is 24.3 Å². The lowest BCUT2D eigenvalue weighted by Gasteiger charge is -2.10. The Morgan fingerprint density at radius 2 is 1.89 bits per heavy atom. The zero-order chi connectivity index (χ0) is 18.8. The lowest BCUT2D eigenvalue weighted by atomic mass is 10.2. The number of aromatic amines is 2. The van der Waals surface area contributed by atoms with Gasteiger partial charge in [-0.15, -0.1) is 0 Å². The standard InChI is InChI=1S/C18H13F2N5O2/c19-18(20)27-14-8-4-1-5-10(14)17(26)24-13-9-21-25-15(13)16-22-11-6-2-3-7-12(11)23-16/h1-9,18H,(H,21,25)(H,22,23)(H,24,26). The smallest absolute Gasteiger partial charge is 0.387 e. The third-order valence-electron chi connectivity index (χ3n) is 3.85. The Balaban J connectivity index is 1.63. The third-order valence-corrected chi connectivity index (χ3v) is 3.85. The maximum atomic E-state index is 12.6. The molecular formula is C18H13F2N5O2. The van der Waals surface area contributed by atoms with Gasteiger partial charge in [0.05, 0.1) is 22.3 Å². The molecule has 0 fully saturated rings. The molecule has 0 radical (unpaired) electrons. The minimum atomic E-state index is -3.03. The lowest BCUT2D eigenvalue weighted by molar-refractivity contribution is -0.0501. The van der Waals surface area contributed by atoms with Gasteiger partial charge in [0.2, 0.25) is 0 Å². The fraction of sp³-hybridized carbons (Fsp3) is 0.0556. The molecule has 1 amide bonds. The molecule has 2 heterocycles. The van der Waals surface area contributed by atoms with Crippen LogP contribution in [0.2, 0.25) is 0 Å². The number of ether oxygens (including phenoxy) is 1. The number of aromatic nitrogens is 4. The van der Waals surface area contributed by atoms with Crippen LogP contribution in [0, 0.1) is 0 Å². The van der Waals surface area contributed by atoms with Crippen LogP contribution in [0.5, 0.6) is 5.75 Å². The van der Waals surface area contributed by atoms with E-state index in [0.29, 0.717) is 17.2 Å². The highest BCUT2D eigenvalue weighted by Gasteiger charge is 2.19. The van der Waals surface area contributed by atoms with E-state index >= 15 is 0 Å². The molecule has 0 spiro atoms. The summed E-state index contributed by atoms with van der Waals surface area (Å²) in [6.07, 6.45) is 1.48. The number of rotatable bonds is 5. The number of H-pyrrole nitrogens is 2. The SMILES string of the molecule is O=C(Nc1c[nH]nc1-c1nc2ccccc2[nH]1)c1ccccc1OC(F)F. The first kappa shape index (κ1) is 16.7. The van der Waals surface area contributed by atoms with Gasteiger partial charge in [0.1, 0.15) is 5.75 Å². The zero-order valence-electron chi connectivity index (χ0n) is 13.7. The van der Waals surface area contributed by atoms with Crippen LogP contribution < -0.4 is 10.1 Å². The quantitative estimate of drug-likeness (QED) is 0.498. The molecule has 0 saturated heterocycles. The summed E-state index contributed by atoms with van der Waals surface area (Å²) in [4.78, 5) is 20.1. The van der Waals surface area contributed by atoms with Crippen LogP contribution in [0.4, 0.5) is 14.5 Å². The normalized spacial score (nSPS) is 11.1. The van der Waals surface area contributed by atoms with E-state index in [1.807, 2.05) is 24.3 Å². The second kappa shape index (κ2) is 6.87. The molecule has 0 saturated carbocycles. The topological polar surface area (TPSA) is 95.7 Å². The molecule has 27 heavy (non-hydrogen) atoms. The molecule has 9 heteroatoms. The van der Waals surface area contributed by atoms with E-state index in [1.165, 1.54) is 24.4 Å². The van der Waals surface area contributed by atoms with Crippen molar-refractivity contribution in [1.29, 1.82) is 0 Å². The fourth-order valence-electron chi connectivity index (χ4n) is 2.67. The largest absolute Gasteiger partial charge is 0.434 e. The number of para-hydroxylation sites is 3. The van der Waals surface area contributed by atoms with Crippen molar-refractivity contribution in [2.24, 2.45) is 0 Å². The molecule has 0 aliphatic heterocycles. The number of halogens is 2. The average Bonchev–Trinajstić information content (AvgIpc) is 3.27. The average molecular weight is 369 g/mol. The summed E-state index contributed by atoms with van der Waals surface area (Å²) in [5, 5.41) is 9.43. The van der Waals surface area contributed by atoms with Crippen molar-refractivity contribution in [3.63, 3.8) is 0 Å². The number of carbonyl (C=O) groups is 1. The number of imidazole rings is 1. The number of anilines is 1. The maximum absolute atomic E-state index is 12.6. The van der Waals surface area contributed by atoms with E-state index in [2.05, 4.69) is 30.2 Å². The van der Waals surface area contributed by atoms with Crippen LogP contribution in [-0.2, 0) is 0 Å². The molecular weight excluding hydrogens is 356 g/mol. The van der Waals surface area contributed by atoms with Gasteiger partial charge < -0.3 is 15.0 Å². The van der Waals surface area contributed by atoms with E-state index in [1.54, 1.807) is 6.07 Å². The first-order valence-electron chi connectivity index (χ1n) is 7.96. The van der Waals surface area contributed by atoms with Crippen molar-refractivity contribution < 1.29 is 18.3 Å². The van der Waals surface area contributed by atoms with Gasteiger partial charge in [-0.2, -0.15) is 13.9 Å². The van der Waals surface area contributed by atoms with Gasteiger partial charge in [-0.3, -0.25) is 9.89 Å². The van der Waals surface area contributed by atoms with Gasteiger partial charge in [0.25, 0.3) is 5.91 Å². The Kier molecular flexibility index (Phi) is 4.25. The number of hydrogen-bond donors (Lipinski definition) is 3. The zero-order valence-corrected chi connectivity index (χ0v) is 13.7. The van der Waals surface area contributed by atoms with Crippen LogP contribution in [0.15, 0.2) is 54.7 Å². The number of carbonyl (C=O) groups excluding carboxylic acids is 1. The minimum absolute atomic E-state index is 0.0189. The number of hydrogen-bond acceptors (Lipinski definition) is 4. The second-order valence-electron chi connectivity index (χ2n) is 5.58. The van der Waals surface area contributed by atoms with E-state index in [-0.39, 0.29) is 11.3 Å². The molecule has 3 N–H and O–H groups in total. The minimum Gasteiger partial charge on any atom is -0.434 e. The van der Waals surface area contributed by atoms with Gasteiger partial charge in [0, 0.05) is 6.20 Å². The number of benzene rings is 2. The first-order chi connectivity index (χ1) is 13.1. The van der Waals surface area contributed by atoms with Gasteiger partial charge in [-0.25, -0.2) is 4.98 Å². The monoisotopic (exact) mass is 369 g/mol. The van der Waals surface area contributed by atoms with Crippen LogP contribution in [-0.4, -0.2) is 32.7 Å². The first-order valence-corrected chi connectivity index (χ1v) is 7.96. The molecule has 2 aromatic carbocycles. The molecule has 7 nitrogen and oxygen atoms in total. The van der Waals surface area contributed by atoms with Crippen molar-refractivity contribution in [2.75, 3.05) is 5.32 Å². The third kappa shape index (κ3) is 3.34. The number of amides is 1. The molecule has 4 rings (SSSR count). The number of alkyl halides is 2. The van der Waals surface area contributed by atoms with Crippen LogP contribution >= 0.6 is 0 Å². The molecule has 2 aromatic heterocycles. The van der Waals surface area contributed by atoms with Gasteiger partial charge >= 0.3 is 6.61 Å². The molecule has 0 atom stereocenters. The molecule has 0 unspecified atom stereocenters. The summed E-state index contributed by atoms with van der Waals surface area (Å²) in [6.45, 7) is -3.03. The summed E-state index contributed by atoms with van der Waals surface area (Å²) >= 11 is 0. The lowest BCUT2D eigenvalue weighted by Crippen LogP contribution is -2.15. The van der Waals surface area contributed by atoms with E-state index in [9.17, 15) is 13.6 Å². The summed E-state index contributed by atoms with van der Waals surface area (Å²) < 4.78 is 29.5. The van der Waals surface area contributed by atoms with Crippen LogP contribution in [0.25, 0.3) is 22.6 Å². The predicted molar refractivity (Wildman–Crippen MR) is 94.7 cm³/mol. The summed E-state index contributed by atoms with van der Waals surface area (Å²) in [5.41, 5.74) is 2.30. The van der Waals surface area contributed by atoms with Crippen molar-refractivity contribution in [2.45, 2.75) is 6.61 Å². The fourth-order valence-corrected chi connectivity index (χ4v) is 2.67. The highest BCUT2D eigenvalue weighted by molar-refractivity contribution is 6.07. The second-order valence-corrected chi connectivity index (χ2v) is 5.58. The van der Waals surface area contributed by atoms with Crippen molar-refractivity contribution >= 4 is 22.6 Å². The highest BCUT2D eigenvalue weighted by Crippen LogP contribution is 2.27. The van der Waals surface area contributed by atoms with Crippen LogP contribution in [0.3, 0.4) is 0 Å². The van der Waals surface area contributed by atoms with E-state index < -0.39 is 12.5 Å². The molecule has 136 valence electrons. The predicted octanol–water partition coefficient (Wildman–Crippen LogP) is 3.81. The Morgan fingerprint density at radius 3 is 2.70 bits per heavy atom. The van der Waals surface area contributed by atoms with Crippen molar-refractivity contribution in [1.82, 2.24) is 20.2 Å². The Hall–Kier alpha value is -3.75. The van der Waals surface area contributed by atoms with Gasteiger partial charge in [-0.1, -0.05) is 24.3 Å². The molecule has 0 bridgehead atoms. The summed E-state index contributed by atoms with van der Waals surface area (Å²) in [7, 11) is 0. The van der Waals surface area contributed by atoms with E-state index in [4.69, 9.17) is 0 Å². The van der Waals surface area contributed by atoms with Crippen LogP contribution in [0.1, 0.15) is 10.4 Å². The maximum Gasteiger partial charge on any atom is 0.387 e. The summed E-state index contributed by atoms with van der Waals surface area (Å²) in [5.74, 6) is -0.353. The number of fused-ring (bicyclic) bond motifs is 1. The van der Waals surface area contributed by atoms with Crippen molar-refractivity contribution in [3.8, 4) is 17.3 Å². The molecule has 0 aliphatic rings. The highest BCUT2D eigenvalue weighted by atomic mass is 19.3. The molecule has 0 aliphatic carbocycles. The number of nitrogens with zero attached hydrogens (tertiary/aromatic N) is 2. The van der Waals surface area contributed by atoms with Gasteiger partial charge in [0.15, 0.2) is 11.5 Å². The Bertz CT molecular complexity index is 1070. The Morgan fingerprint density at radius 1 is 1.11 bits per heavy atom. The molecule has 4 aromatic rings.